The van der Waals surface area contributed by atoms with Gasteiger partial charge in [0.1, 0.15) is 18.0 Å². The molecule has 3 nitrogen and oxygen atoms in total. The standard InChI is InChI=1S/C8H5NO2/c1-2-8-9(3-1)6-4-10-5-7(6)11-8/h1-5H. The summed E-state index contributed by atoms with van der Waals surface area (Å²) in [6.45, 7) is 0. The van der Waals surface area contributed by atoms with E-state index in [1.807, 2.05) is 22.7 Å². The van der Waals surface area contributed by atoms with Gasteiger partial charge in [-0.25, -0.2) is 0 Å². The van der Waals surface area contributed by atoms with E-state index in [2.05, 4.69) is 0 Å². The molecule has 0 saturated carbocycles. The average Bonchev–Trinajstić information content (AvgIpc) is 2.52. The molecule has 3 heteroatoms. The monoisotopic (exact) mass is 147 g/mol. The summed E-state index contributed by atoms with van der Waals surface area (Å²) >= 11 is 0. The van der Waals surface area contributed by atoms with Crippen molar-refractivity contribution in [1.82, 2.24) is 4.40 Å². The lowest BCUT2D eigenvalue weighted by Crippen LogP contribution is -1.70. The second-order valence-electron chi connectivity index (χ2n) is 2.44. The lowest BCUT2D eigenvalue weighted by Gasteiger charge is -1.77. The fraction of sp³-hybridized carbons (Fsp3) is 0. The first-order valence-electron chi connectivity index (χ1n) is 3.37. The number of fused-ring (bicyclic) bond motifs is 3. The normalized spacial score (nSPS) is 11.6. The molecule has 0 amide bonds. The molecule has 0 N–H and O–H groups in total. The molecule has 3 aromatic rings. The van der Waals surface area contributed by atoms with Crippen molar-refractivity contribution in [3.8, 4) is 0 Å². The first-order chi connectivity index (χ1) is 5.45. The highest BCUT2D eigenvalue weighted by atomic mass is 16.4. The summed E-state index contributed by atoms with van der Waals surface area (Å²) in [6.07, 6.45) is 5.21. The Kier molecular flexibility index (Phi) is 0.692. The third-order valence-corrected chi connectivity index (χ3v) is 1.79. The first kappa shape index (κ1) is 5.07. The lowest BCUT2D eigenvalue weighted by molar-refractivity contribution is 0.554. The van der Waals surface area contributed by atoms with Gasteiger partial charge in [0.2, 0.25) is 5.71 Å². The Balaban J connectivity index is 2.75. The van der Waals surface area contributed by atoms with Crippen LogP contribution >= 0.6 is 0 Å². The minimum absolute atomic E-state index is 0.792. The maximum absolute atomic E-state index is 5.40. The Bertz CT molecular complexity index is 455. The molecule has 0 radical (unpaired) electrons. The predicted octanol–water partition coefficient (Wildman–Crippen LogP) is 2.28. The van der Waals surface area contributed by atoms with E-state index in [1.54, 1.807) is 12.5 Å². The van der Waals surface area contributed by atoms with Gasteiger partial charge in [-0.2, -0.15) is 0 Å². The molecule has 54 valence electrons. The number of furan rings is 1. The maximum atomic E-state index is 5.40. The maximum Gasteiger partial charge on any atom is 0.205 e. The molecule has 0 aliphatic carbocycles. The van der Waals surface area contributed by atoms with Gasteiger partial charge in [0, 0.05) is 12.3 Å². The minimum Gasteiger partial charge on any atom is -0.466 e. The SMILES string of the molecule is c1cc2oc3cocc3n2c1. The van der Waals surface area contributed by atoms with Crippen molar-refractivity contribution in [2.45, 2.75) is 0 Å². The fourth-order valence-electron chi connectivity index (χ4n) is 1.29. The van der Waals surface area contributed by atoms with E-state index in [1.165, 1.54) is 0 Å². The molecule has 0 atom stereocenters. The van der Waals surface area contributed by atoms with Crippen molar-refractivity contribution in [1.29, 1.82) is 0 Å². The predicted molar refractivity (Wildman–Crippen MR) is 39.4 cm³/mol. The number of rotatable bonds is 0. The molecule has 0 aliphatic rings. The topological polar surface area (TPSA) is 30.7 Å². The zero-order valence-electron chi connectivity index (χ0n) is 5.65. The van der Waals surface area contributed by atoms with Gasteiger partial charge >= 0.3 is 0 Å². The van der Waals surface area contributed by atoms with E-state index < -0.39 is 0 Å². The molecular weight excluding hydrogens is 142 g/mol. The highest BCUT2D eigenvalue weighted by Gasteiger charge is 2.05. The van der Waals surface area contributed by atoms with Crippen LogP contribution in [0.5, 0.6) is 0 Å². The van der Waals surface area contributed by atoms with Crippen LogP contribution in [0.3, 0.4) is 0 Å². The molecule has 0 fully saturated rings. The summed E-state index contributed by atoms with van der Waals surface area (Å²) < 4.78 is 12.3. The van der Waals surface area contributed by atoms with E-state index in [4.69, 9.17) is 8.83 Å². The number of oxazole rings is 1. The quantitative estimate of drug-likeness (QED) is 0.488. The number of hydrogen-bond acceptors (Lipinski definition) is 2. The van der Waals surface area contributed by atoms with Crippen LogP contribution < -0.4 is 0 Å². The lowest BCUT2D eigenvalue weighted by atomic mass is 10.5. The van der Waals surface area contributed by atoms with Gasteiger partial charge in [0.05, 0.1) is 0 Å². The van der Waals surface area contributed by atoms with Gasteiger partial charge in [-0.1, -0.05) is 0 Å². The summed E-state index contributed by atoms with van der Waals surface area (Å²) in [5, 5.41) is 0. The summed E-state index contributed by atoms with van der Waals surface area (Å²) in [6, 6.07) is 3.85. The van der Waals surface area contributed by atoms with Gasteiger partial charge in [-0.05, 0) is 6.07 Å². The van der Waals surface area contributed by atoms with Gasteiger partial charge in [-0.3, -0.25) is 4.40 Å². The molecule has 0 bridgehead atoms. The molecular formula is C8H5NO2. The van der Waals surface area contributed by atoms with Crippen LogP contribution in [0, 0.1) is 0 Å². The minimum atomic E-state index is 0.792. The molecule has 3 heterocycles. The summed E-state index contributed by atoms with van der Waals surface area (Å²) in [7, 11) is 0. The van der Waals surface area contributed by atoms with Gasteiger partial charge in [0.15, 0.2) is 5.58 Å². The third kappa shape index (κ3) is 0.487. The Morgan fingerprint density at radius 1 is 1.27 bits per heavy atom. The van der Waals surface area contributed by atoms with Gasteiger partial charge in [-0.15, -0.1) is 0 Å². The number of nitrogens with zero attached hydrogens (tertiary/aromatic N) is 1. The highest BCUT2D eigenvalue weighted by molar-refractivity contribution is 5.75. The Labute approximate surface area is 61.8 Å². The second kappa shape index (κ2) is 1.50. The smallest absolute Gasteiger partial charge is 0.205 e. The molecule has 11 heavy (non-hydrogen) atoms. The zero-order valence-corrected chi connectivity index (χ0v) is 5.65. The summed E-state index contributed by atoms with van der Waals surface area (Å²) in [4.78, 5) is 0. The van der Waals surface area contributed by atoms with Crippen LogP contribution in [0.15, 0.2) is 39.7 Å². The average molecular weight is 147 g/mol. The van der Waals surface area contributed by atoms with Gasteiger partial charge in [0.25, 0.3) is 0 Å². The number of aromatic nitrogens is 1. The molecule has 0 aromatic carbocycles. The van der Waals surface area contributed by atoms with E-state index in [0.29, 0.717) is 0 Å². The molecule has 0 aliphatic heterocycles. The Hall–Kier alpha value is -1.64. The van der Waals surface area contributed by atoms with Crippen LogP contribution in [0.4, 0.5) is 0 Å². The van der Waals surface area contributed by atoms with Crippen LogP contribution in [-0.4, -0.2) is 4.40 Å². The summed E-state index contributed by atoms with van der Waals surface area (Å²) in [5.41, 5.74) is 2.62. The van der Waals surface area contributed by atoms with E-state index in [9.17, 15) is 0 Å². The second-order valence-corrected chi connectivity index (χ2v) is 2.44. The number of hydrogen-bond donors (Lipinski definition) is 0. The van der Waals surface area contributed by atoms with Gasteiger partial charge < -0.3 is 8.83 Å². The van der Waals surface area contributed by atoms with Crippen LogP contribution in [-0.2, 0) is 0 Å². The van der Waals surface area contributed by atoms with Crippen molar-refractivity contribution in [2.75, 3.05) is 0 Å². The molecule has 0 saturated heterocycles. The Morgan fingerprint density at radius 2 is 2.27 bits per heavy atom. The molecule has 3 aromatic heterocycles. The van der Waals surface area contributed by atoms with E-state index >= 15 is 0 Å². The van der Waals surface area contributed by atoms with Crippen LogP contribution in [0.2, 0.25) is 0 Å². The Morgan fingerprint density at radius 3 is 3.27 bits per heavy atom. The highest BCUT2D eigenvalue weighted by Crippen LogP contribution is 2.20. The molecule has 0 spiro atoms. The summed E-state index contributed by atoms with van der Waals surface area (Å²) in [5.74, 6) is 0. The van der Waals surface area contributed by atoms with Crippen molar-refractivity contribution in [2.24, 2.45) is 0 Å². The third-order valence-electron chi connectivity index (χ3n) is 1.79. The fourth-order valence-corrected chi connectivity index (χ4v) is 1.29. The van der Waals surface area contributed by atoms with E-state index in [-0.39, 0.29) is 0 Å². The van der Waals surface area contributed by atoms with Crippen molar-refractivity contribution < 1.29 is 8.83 Å². The zero-order chi connectivity index (χ0) is 7.26. The molecule has 0 unspecified atom stereocenters. The van der Waals surface area contributed by atoms with Crippen LogP contribution in [0.1, 0.15) is 0 Å². The van der Waals surface area contributed by atoms with E-state index in [0.717, 1.165) is 16.8 Å². The largest absolute Gasteiger partial charge is 0.466 e. The van der Waals surface area contributed by atoms with Crippen molar-refractivity contribution >= 4 is 16.8 Å². The first-order valence-corrected chi connectivity index (χ1v) is 3.37. The van der Waals surface area contributed by atoms with Crippen LogP contribution in [0.25, 0.3) is 16.8 Å². The van der Waals surface area contributed by atoms with Crippen molar-refractivity contribution in [3.63, 3.8) is 0 Å². The molecule has 3 rings (SSSR count). The van der Waals surface area contributed by atoms with Crippen molar-refractivity contribution in [3.05, 3.63) is 30.9 Å².